The SMILES string of the molecule is CC(C)c1cc[c-]c(-c2nccc3c2C(C)(C)c2cc4ccccc4cc2-3)c1.[Ir].[c-]1cc2ccccc2cc1-c1ccccn1. The van der Waals surface area contributed by atoms with Gasteiger partial charge in [0.2, 0.25) is 0 Å². The summed E-state index contributed by atoms with van der Waals surface area (Å²) in [6.07, 6.45) is 3.75. The quantitative estimate of drug-likeness (QED) is 0.168. The molecule has 45 heavy (non-hydrogen) atoms. The second-order valence-electron chi connectivity index (χ2n) is 12.3. The van der Waals surface area contributed by atoms with E-state index in [0.29, 0.717) is 5.92 Å². The van der Waals surface area contributed by atoms with Crippen LogP contribution in [0.4, 0.5) is 0 Å². The van der Waals surface area contributed by atoms with Gasteiger partial charge in [-0.15, -0.1) is 64.5 Å². The normalized spacial score (nSPS) is 12.6. The van der Waals surface area contributed by atoms with Gasteiger partial charge in [-0.3, -0.25) is 0 Å². The molecule has 2 heterocycles. The molecule has 8 rings (SSSR count). The Morgan fingerprint density at radius 3 is 2.02 bits per heavy atom. The molecule has 223 valence electrons. The average molecular weight is 759 g/mol. The first-order valence-corrected chi connectivity index (χ1v) is 15.3. The van der Waals surface area contributed by atoms with E-state index in [1.165, 1.54) is 49.4 Å². The fraction of sp³-hybridized carbons (Fsp3) is 0.143. The number of fused-ring (bicyclic) bond motifs is 5. The summed E-state index contributed by atoms with van der Waals surface area (Å²) in [4.78, 5) is 9.16. The molecule has 2 nitrogen and oxygen atoms in total. The van der Waals surface area contributed by atoms with Gasteiger partial charge in [0.05, 0.1) is 0 Å². The summed E-state index contributed by atoms with van der Waals surface area (Å²) in [7, 11) is 0. The van der Waals surface area contributed by atoms with Crippen molar-refractivity contribution in [2.45, 2.75) is 39.0 Å². The van der Waals surface area contributed by atoms with Gasteiger partial charge in [-0.25, -0.2) is 0 Å². The molecule has 0 unspecified atom stereocenters. The molecule has 0 spiro atoms. The van der Waals surface area contributed by atoms with Crippen molar-refractivity contribution < 1.29 is 20.1 Å². The number of rotatable bonds is 3. The van der Waals surface area contributed by atoms with Crippen molar-refractivity contribution in [3.05, 3.63) is 156 Å². The third-order valence-corrected chi connectivity index (χ3v) is 8.79. The van der Waals surface area contributed by atoms with E-state index in [2.05, 4.69) is 118 Å². The molecule has 5 aromatic carbocycles. The number of hydrogen-bond donors (Lipinski definition) is 0. The second-order valence-corrected chi connectivity index (χ2v) is 12.3. The van der Waals surface area contributed by atoms with Crippen molar-refractivity contribution in [1.82, 2.24) is 9.97 Å². The van der Waals surface area contributed by atoms with Gasteiger partial charge in [-0.2, -0.15) is 0 Å². The van der Waals surface area contributed by atoms with Gasteiger partial charge in [0.1, 0.15) is 0 Å². The van der Waals surface area contributed by atoms with Crippen molar-refractivity contribution in [3.63, 3.8) is 0 Å². The third kappa shape index (κ3) is 5.75. The Hall–Kier alpha value is -4.43. The van der Waals surface area contributed by atoms with E-state index in [0.717, 1.165) is 22.5 Å². The van der Waals surface area contributed by atoms with E-state index in [9.17, 15) is 0 Å². The smallest absolute Gasteiger partial charge is 0.0167 e. The monoisotopic (exact) mass is 759 g/mol. The molecule has 2 aromatic heterocycles. The molecular weight excluding hydrogens is 725 g/mol. The van der Waals surface area contributed by atoms with Gasteiger partial charge in [0, 0.05) is 37.9 Å². The largest absolute Gasteiger partial charge is 0.305 e. The zero-order chi connectivity index (χ0) is 30.3. The van der Waals surface area contributed by atoms with Crippen LogP contribution in [0.15, 0.2) is 128 Å². The van der Waals surface area contributed by atoms with E-state index in [1.807, 2.05) is 48.7 Å². The Balaban J connectivity index is 0.000000179. The summed E-state index contributed by atoms with van der Waals surface area (Å²) in [5, 5.41) is 5.02. The molecule has 0 atom stereocenters. The van der Waals surface area contributed by atoms with Crippen molar-refractivity contribution in [1.29, 1.82) is 0 Å². The maximum absolute atomic E-state index is 4.84. The van der Waals surface area contributed by atoms with E-state index in [-0.39, 0.29) is 25.5 Å². The first kappa shape index (κ1) is 30.6. The van der Waals surface area contributed by atoms with Crippen LogP contribution in [0.2, 0.25) is 0 Å². The average Bonchev–Trinajstić information content (AvgIpc) is 3.29. The molecule has 0 bridgehead atoms. The van der Waals surface area contributed by atoms with Gasteiger partial charge < -0.3 is 9.97 Å². The summed E-state index contributed by atoms with van der Waals surface area (Å²) >= 11 is 0. The van der Waals surface area contributed by atoms with Gasteiger partial charge in [-0.05, 0) is 74.6 Å². The zero-order valence-electron chi connectivity index (χ0n) is 25.9. The van der Waals surface area contributed by atoms with E-state index in [4.69, 9.17) is 4.98 Å². The molecule has 0 N–H and O–H groups in total. The molecule has 3 heteroatoms. The Bertz CT molecular complexity index is 2130. The molecule has 1 aliphatic carbocycles. The van der Waals surface area contributed by atoms with Crippen LogP contribution in [0.25, 0.3) is 55.2 Å². The summed E-state index contributed by atoms with van der Waals surface area (Å²) < 4.78 is 0. The van der Waals surface area contributed by atoms with Crippen molar-refractivity contribution in [3.8, 4) is 33.6 Å². The molecule has 7 aromatic rings. The second kappa shape index (κ2) is 12.5. The van der Waals surface area contributed by atoms with Crippen molar-refractivity contribution in [2.24, 2.45) is 0 Å². The van der Waals surface area contributed by atoms with Crippen LogP contribution in [0, 0.1) is 12.1 Å². The summed E-state index contributed by atoms with van der Waals surface area (Å²) in [6.45, 7) is 9.11. The van der Waals surface area contributed by atoms with Gasteiger partial charge in [0.15, 0.2) is 0 Å². The number of pyridine rings is 2. The summed E-state index contributed by atoms with van der Waals surface area (Å²) in [5.74, 6) is 0.487. The standard InChI is InChI=1S/C27H24N.C15H10N.Ir/c1-17(2)18-10-7-11-21(14-18)26-25-22(12-13-28-26)23-15-19-8-5-6-9-20(19)16-24(23)27(25,3)4;1-2-6-13-11-14(9-8-12(13)5-1)15-7-3-4-10-16-15;/h5-10,12-17H,1-4H3;1-8,10-11H;/q2*-1;. The molecule has 1 radical (unpaired) electrons. The zero-order valence-corrected chi connectivity index (χ0v) is 28.3. The Labute approximate surface area is 279 Å². The van der Waals surface area contributed by atoms with Gasteiger partial charge in [0.25, 0.3) is 0 Å². The van der Waals surface area contributed by atoms with E-state index in [1.54, 1.807) is 6.20 Å². The number of aromatic nitrogens is 2. The molecule has 0 aliphatic heterocycles. The van der Waals surface area contributed by atoms with Crippen LogP contribution >= 0.6 is 0 Å². The Morgan fingerprint density at radius 1 is 0.622 bits per heavy atom. The maximum Gasteiger partial charge on any atom is 0.0167 e. The Kier molecular flexibility index (Phi) is 8.51. The molecular formula is C42H34IrN2-2. The van der Waals surface area contributed by atoms with Gasteiger partial charge in [-0.1, -0.05) is 93.7 Å². The fourth-order valence-electron chi connectivity index (χ4n) is 6.41. The topological polar surface area (TPSA) is 25.8 Å². The minimum absolute atomic E-state index is 0. The molecule has 0 amide bonds. The minimum atomic E-state index is -0.0973. The third-order valence-electron chi connectivity index (χ3n) is 8.79. The van der Waals surface area contributed by atoms with Crippen LogP contribution in [0.5, 0.6) is 0 Å². The van der Waals surface area contributed by atoms with Crippen LogP contribution in [-0.2, 0) is 25.5 Å². The number of hydrogen-bond acceptors (Lipinski definition) is 2. The Morgan fingerprint density at radius 2 is 1.31 bits per heavy atom. The first-order chi connectivity index (χ1) is 21.4. The summed E-state index contributed by atoms with van der Waals surface area (Å²) in [5.41, 5.74) is 10.7. The summed E-state index contributed by atoms with van der Waals surface area (Å²) in [6, 6.07) is 47.0. The van der Waals surface area contributed by atoms with Crippen LogP contribution in [0.1, 0.15) is 50.3 Å². The van der Waals surface area contributed by atoms with Gasteiger partial charge >= 0.3 is 0 Å². The minimum Gasteiger partial charge on any atom is -0.305 e. The fourth-order valence-corrected chi connectivity index (χ4v) is 6.41. The number of nitrogens with zero attached hydrogens (tertiary/aromatic N) is 2. The molecule has 1 aliphatic rings. The van der Waals surface area contributed by atoms with Crippen molar-refractivity contribution >= 4 is 21.5 Å². The first-order valence-electron chi connectivity index (χ1n) is 15.3. The molecule has 0 fully saturated rings. The van der Waals surface area contributed by atoms with Crippen LogP contribution < -0.4 is 0 Å². The van der Waals surface area contributed by atoms with Crippen LogP contribution in [-0.4, -0.2) is 9.97 Å². The maximum atomic E-state index is 4.84. The molecule has 0 saturated heterocycles. The van der Waals surface area contributed by atoms with Crippen molar-refractivity contribution in [2.75, 3.05) is 0 Å². The number of benzene rings is 5. The predicted molar refractivity (Wildman–Crippen MR) is 184 cm³/mol. The van der Waals surface area contributed by atoms with E-state index < -0.39 is 0 Å². The van der Waals surface area contributed by atoms with Crippen LogP contribution in [0.3, 0.4) is 0 Å². The molecule has 0 saturated carbocycles. The predicted octanol–water partition coefficient (Wildman–Crippen LogP) is 10.8. The van der Waals surface area contributed by atoms with E-state index >= 15 is 0 Å².